The number of primary amides is 1. The number of amides is 2. The van der Waals surface area contributed by atoms with Crippen LogP contribution >= 0.6 is 12.4 Å². The predicted octanol–water partition coefficient (Wildman–Crippen LogP) is -0.456. The van der Waals surface area contributed by atoms with E-state index in [1.807, 2.05) is 0 Å². The number of nitrogens with two attached hydrogens (primary N) is 1. The predicted molar refractivity (Wildman–Crippen MR) is 80.0 cm³/mol. The molecule has 0 unspecified atom stereocenters. The second-order valence-electron chi connectivity index (χ2n) is 6.12. The Morgan fingerprint density at radius 1 is 1.41 bits per heavy atom. The van der Waals surface area contributed by atoms with Crippen molar-refractivity contribution in [3.05, 3.63) is 0 Å². The van der Waals surface area contributed by atoms with Crippen molar-refractivity contribution in [2.75, 3.05) is 13.2 Å². The molecule has 2 heterocycles. The Morgan fingerprint density at radius 3 is 2.77 bits per heavy atom. The lowest BCUT2D eigenvalue weighted by Crippen LogP contribution is -2.54. The van der Waals surface area contributed by atoms with Crippen molar-refractivity contribution in [1.29, 1.82) is 5.26 Å². The molecule has 3 rings (SSSR count). The first-order valence-corrected chi connectivity index (χ1v) is 7.46. The summed E-state index contributed by atoms with van der Waals surface area (Å²) in [7, 11) is 0. The molecule has 1 aliphatic carbocycles. The van der Waals surface area contributed by atoms with Gasteiger partial charge in [0.2, 0.25) is 11.8 Å². The summed E-state index contributed by atoms with van der Waals surface area (Å²) >= 11 is 0. The Bertz CT molecular complexity index is 495. The molecule has 0 aromatic carbocycles. The minimum Gasteiger partial charge on any atom is -0.368 e. The van der Waals surface area contributed by atoms with E-state index in [9.17, 15) is 9.59 Å². The number of piperidine rings is 1. The number of carbonyl (C=O) groups is 2. The van der Waals surface area contributed by atoms with Crippen LogP contribution in [0.1, 0.15) is 25.7 Å². The molecule has 0 aromatic heterocycles. The first-order chi connectivity index (χ1) is 10.1. The van der Waals surface area contributed by atoms with Gasteiger partial charge in [0, 0.05) is 12.6 Å². The van der Waals surface area contributed by atoms with Gasteiger partial charge < -0.3 is 20.7 Å². The molecule has 0 spiro atoms. The summed E-state index contributed by atoms with van der Waals surface area (Å²) < 4.78 is 5.48. The van der Waals surface area contributed by atoms with Gasteiger partial charge in [-0.05, 0) is 31.6 Å². The standard InChI is InChI=1S/C14H20N4O3.ClH/c15-6-9-2-1-3-18(9)14(20)13-8-4-10(17-13)11(5-8)21-7-12(16)19;/h8-11,13,17H,1-5,7H2,(H2,16,19);1H/t8-,9-,10+,11+,13-;/m0./s1. The fraction of sp³-hybridized carbons (Fsp3) is 0.786. The van der Waals surface area contributed by atoms with Gasteiger partial charge in [-0.3, -0.25) is 9.59 Å². The molecule has 2 bridgehead atoms. The molecule has 8 heteroatoms. The zero-order valence-electron chi connectivity index (χ0n) is 12.2. The van der Waals surface area contributed by atoms with Crippen molar-refractivity contribution in [1.82, 2.24) is 10.2 Å². The quantitative estimate of drug-likeness (QED) is 0.726. The monoisotopic (exact) mass is 328 g/mol. The van der Waals surface area contributed by atoms with Crippen LogP contribution in [-0.2, 0) is 14.3 Å². The number of likely N-dealkylation sites (tertiary alicyclic amines) is 1. The van der Waals surface area contributed by atoms with E-state index in [4.69, 9.17) is 15.7 Å². The zero-order valence-corrected chi connectivity index (χ0v) is 13.1. The third kappa shape index (κ3) is 3.05. The first kappa shape index (κ1) is 17.0. The fourth-order valence-electron chi connectivity index (χ4n) is 3.84. The van der Waals surface area contributed by atoms with Gasteiger partial charge in [-0.25, -0.2) is 0 Å². The van der Waals surface area contributed by atoms with Crippen LogP contribution in [0.5, 0.6) is 0 Å². The number of nitrogens with zero attached hydrogens (tertiary/aromatic N) is 2. The van der Waals surface area contributed by atoms with E-state index in [1.54, 1.807) is 4.90 Å². The fourth-order valence-corrected chi connectivity index (χ4v) is 3.84. The molecule has 0 radical (unpaired) electrons. The molecule has 7 nitrogen and oxygen atoms in total. The number of hydrogen-bond acceptors (Lipinski definition) is 5. The molecule has 22 heavy (non-hydrogen) atoms. The van der Waals surface area contributed by atoms with Gasteiger partial charge >= 0.3 is 0 Å². The van der Waals surface area contributed by atoms with Crippen LogP contribution in [0.3, 0.4) is 0 Å². The number of nitrogens with one attached hydrogen (secondary N) is 1. The van der Waals surface area contributed by atoms with Crippen molar-refractivity contribution in [3.63, 3.8) is 0 Å². The maximum Gasteiger partial charge on any atom is 0.243 e. The average molecular weight is 329 g/mol. The van der Waals surface area contributed by atoms with Crippen LogP contribution in [-0.4, -0.2) is 54.1 Å². The molecule has 1 saturated carbocycles. The molecule has 5 atom stereocenters. The van der Waals surface area contributed by atoms with Crippen LogP contribution in [0, 0.1) is 17.2 Å². The Kier molecular flexibility index (Phi) is 5.27. The van der Waals surface area contributed by atoms with E-state index in [0.717, 1.165) is 25.7 Å². The number of ether oxygens (including phenoxy) is 1. The number of nitriles is 1. The minimum absolute atomic E-state index is 0. The number of fused-ring (bicyclic) bond motifs is 2. The molecule has 2 aliphatic heterocycles. The van der Waals surface area contributed by atoms with Crippen LogP contribution in [0.4, 0.5) is 0 Å². The summed E-state index contributed by atoms with van der Waals surface area (Å²) in [5.41, 5.74) is 5.08. The maximum atomic E-state index is 12.6. The Hall–Kier alpha value is -1.36. The second kappa shape index (κ2) is 6.82. The van der Waals surface area contributed by atoms with Gasteiger partial charge in [-0.15, -0.1) is 12.4 Å². The zero-order chi connectivity index (χ0) is 15.0. The van der Waals surface area contributed by atoms with Crippen molar-refractivity contribution in [2.45, 2.75) is 49.9 Å². The average Bonchev–Trinajstić information content (AvgIpc) is 3.17. The highest BCUT2D eigenvalue weighted by Gasteiger charge is 2.50. The number of halogens is 1. The first-order valence-electron chi connectivity index (χ1n) is 7.46. The van der Waals surface area contributed by atoms with E-state index in [2.05, 4.69) is 11.4 Å². The van der Waals surface area contributed by atoms with Crippen LogP contribution in [0.25, 0.3) is 0 Å². The highest BCUT2D eigenvalue weighted by Crippen LogP contribution is 2.38. The molecular weight excluding hydrogens is 308 g/mol. The minimum atomic E-state index is -0.473. The Balaban J connectivity index is 0.00000176. The van der Waals surface area contributed by atoms with E-state index in [1.165, 1.54) is 0 Å². The third-order valence-corrected chi connectivity index (χ3v) is 4.80. The van der Waals surface area contributed by atoms with Crippen molar-refractivity contribution >= 4 is 24.2 Å². The van der Waals surface area contributed by atoms with Gasteiger partial charge in [-0.1, -0.05) is 0 Å². The molecule has 3 aliphatic rings. The molecule has 2 amide bonds. The Morgan fingerprint density at radius 2 is 2.18 bits per heavy atom. The molecule has 122 valence electrons. The van der Waals surface area contributed by atoms with Gasteiger partial charge in [0.05, 0.1) is 18.2 Å². The molecular formula is C14H21ClN4O3. The summed E-state index contributed by atoms with van der Waals surface area (Å²) in [5.74, 6) is -0.209. The summed E-state index contributed by atoms with van der Waals surface area (Å²) in [6.45, 7) is 0.602. The summed E-state index contributed by atoms with van der Waals surface area (Å²) in [4.78, 5) is 25.0. The Labute approximate surface area is 135 Å². The molecule has 3 N–H and O–H groups in total. The smallest absolute Gasteiger partial charge is 0.243 e. The van der Waals surface area contributed by atoms with Crippen molar-refractivity contribution < 1.29 is 14.3 Å². The summed E-state index contributed by atoms with van der Waals surface area (Å²) in [6, 6.07) is 1.82. The molecule has 0 aromatic rings. The lowest BCUT2D eigenvalue weighted by atomic mass is 9.97. The largest absolute Gasteiger partial charge is 0.368 e. The van der Waals surface area contributed by atoms with Crippen molar-refractivity contribution in [3.8, 4) is 6.07 Å². The highest BCUT2D eigenvalue weighted by molar-refractivity contribution is 5.85. The number of rotatable bonds is 4. The van der Waals surface area contributed by atoms with Crippen LogP contribution < -0.4 is 11.1 Å². The van der Waals surface area contributed by atoms with Gasteiger partial charge in [-0.2, -0.15) is 5.26 Å². The normalized spacial score (nSPS) is 36.0. The maximum absolute atomic E-state index is 12.6. The SMILES string of the molecule is Cl.N#C[C@@H]1CCCN1C(=O)[C@H]1N[C@@H]2C[C@H]1C[C@H]2OCC(N)=O. The van der Waals surface area contributed by atoms with E-state index in [-0.39, 0.29) is 55.1 Å². The third-order valence-electron chi connectivity index (χ3n) is 4.80. The summed E-state index contributed by atoms with van der Waals surface area (Å²) in [6.07, 6.45) is 3.27. The van der Waals surface area contributed by atoms with Crippen molar-refractivity contribution in [2.24, 2.45) is 11.7 Å². The lowest BCUT2D eigenvalue weighted by molar-refractivity contribution is -0.136. The molecule has 3 fully saturated rings. The second-order valence-corrected chi connectivity index (χ2v) is 6.12. The van der Waals surface area contributed by atoms with E-state index < -0.39 is 5.91 Å². The van der Waals surface area contributed by atoms with Gasteiger partial charge in [0.25, 0.3) is 0 Å². The van der Waals surface area contributed by atoms with Gasteiger partial charge in [0.1, 0.15) is 12.6 Å². The van der Waals surface area contributed by atoms with Crippen LogP contribution in [0.2, 0.25) is 0 Å². The number of carbonyl (C=O) groups excluding carboxylic acids is 2. The summed E-state index contributed by atoms with van der Waals surface area (Å²) in [5, 5.41) is 12.4. The lowest BCUT2D eigenvalue weighted by Gasteiger charge is -2.31. The highest BCUT2D eigenvalue weighted by atomic mass is 35.5. The molecule has 2 saturated heterocycles. The van der Waals surface area contributed by atoms with E-state index >= 15 is 0 Å². The van der Waals surface area contributed by atoms with E-state index in [0.29, 0.717) is 6.54 Å². The van der Waals surface area contributed by atoms with Gasteiger partial charge in [0.15, 0.2) is 0 Å². The van der Waals surface area contributed by atoms with Crippen LogP contribution in [0.15, 0.2) is 0 Å². The number of hydrogen-bond donors (Lipinski definition) is 2. The topological polar surface area (TPSA) is 108 Å².